The van der Waals surface area contributed by atoms with Crippen molar-refractivity contribution >= 4 is 11.6 Å². The molecule has 4 rings (SSSR count). The van der Waals surface area contributed by atoms with E-state index in [1.807, 2.05) is 12.1 Å². The molecule has 1 atom stereocenters. The Morgan fingerprint density at radius 2 is 1.85 bits per heavy atom. The van der Waals surface area contributed by atoms with Gasteiger partial charge in [-0.1, -0.05) is 53.6 Å². The van der Waals surface area contributed by atoms with Crippen LogP contribution in [0.5, 0.6) is 0 Å². The van der Waals surface area contributed by atoms with Gasteiger partial charge in [-0.3, -0.25) is 4.90 Å². The second-order valence-corrected chi connectivity index (χ2v) is 7.71. The van der Waals surface area contributed by atoms with Crippen LogP contribution in [0.1, 0.15) is 40.4 Å². The maximum Gasteiger partial charge on any atom is 0.0761 e. The van der Waals surface area contributed by atoms with Gasteiger partial charge >= 0.3 is 0 Å². The summed E-state index contributed by atoms with van der Waals surface area (Å²) in [6.07, 6.45) is 3.36. The van der Waals surface area contributed by atoms with E-state index in [1.165, 1.54) is 27.9 Å². The van der Waals surface area contributed by atoms with Crippen LogP contribution in [0.2, 0.25) is 5.02 Å². The highest BCUT2D eigenvalue weighted by Gasteiger charge is 2.28. The zero-order valence-electron chi connectivity index (χ0n) is 15.5. The van der Waals surface area contributed by atoms with E-state index in [4.69, 9.17) is 11.6 Å². The normalized spacial score (nSPS) is 17.7. The van der Waals surface area contributed by atoms with Crippen molar-refractivity contribution in [2.75, 3.05) is 6.54 Å². The zero-order valence-corrected chi connectivity index (χ0v) is 16.2. The molecule has 0 unspecified atom stereocenters. The van der Waals surface area contributed by atoms with Crippen molar-refractivity contribution in [3.05, 3.63) is 93.8 Å². The third-order valence-corrected chi connectivity index (χ3v) is 5.78. The number of nitrogens with zero attached hydrogens (tertiary/aromatic N) is 2. The van der Waals surface area contributed by atoms with Crippen LogP contribution in [-0.4, -0.2) is 16.0 Å². The summed E-state index contributed by atoms with van der Waals surface area (Å²) in [4.78, 5) is 2.59. The molecule has 0 saturated heterocycles. The average Bonchev–Trinajstić information content (AvgIpc) is 3.01. The highest BCUT2D eigenvalue weighted by atomic mass is 35.5. The minimum atomic E-state index is 0.253. The monoisotopic (exact) mass is 364 g/mol. The van der Waals surface area contributed by atoms with Crippen LogP contribution in [-0.2, 0) is 13.1 Å². The Balaban J connectivity index is 1.81. The highest BCUT2D eigenvalue weighted by Crippen LogP contribution is 2.35. The Labute approximate surface area is 161 Å². The molecule has 0 amide bonds. The summed E-state index contributed by atoms with van der Waals surface area (Å²) in [6, 6.07) is 19.7. The summed E-state index contributed by atoms with van der Waals surface area (Å²) < 4.78 is 2.42. The van der Waals surface area contributed by atoms with E-state index >= 15 is 0 Å². The van der Waals surface area contributed by atoms with Gasteiger partial charge in [-0.25, -0.2) is 0 Å². The smallest absolute Gasteiger partial charge is 0.0761 e. The van der Waals surface area contributed by atoms with E-state index in [2.05, 4.69) is 72.0 Å². The van der Waals surface area contributed by atoms with Gasteiger partial charge < -0.3 is 4.57 Å². The van der Waals surface area contributed by atoms with Crippen molar-refractivity contribution < 1.29 is 0 Å². The molecule has 2 nitrogen and oxygen atoms in total. The zero-order chi connectivity index (χ0) is 18.1. The highest BCUT2D eigenvalue weighted by molar-refractivity contribution is 6.31. The van der Waals surface area contributed by atoms with Gasteiger partial charge in [0.05, 0.1) is 6.04 Å². The van der Waals surface area contributed by atoms with E-state index in [1.54, 1.807) is 0 Å². The SMILES string of the molecule is Cc1ccc(C)c([C@H]2c3cccn3CCCN2Cc2ccccc2Cl)c1. The van der Waals surface area contributed by atoms with Crippen LogP contribution in [0.15, 0.2) is 60.8 Å². The summed E-state index contributed by atoms with van der Waals surface area (Å²) in [5.41, 5.74) is 6.64. The maximum absolute atomic E-state index is 6.48. The molecule has 0 fully saturated rings. The molecule has 0 bridgehead atoms. The topological polar surface area (TPSA) is 8.17 Å². The van der Waals surface area contributed by atoms with Crippen molar-refractivity contribution in [1.29, 1.82) is 0 Å². The Morgan fingerprint density at radius 3 is 2.69 bits per heavy atom. The molecule has 1 aliphatic heterocycles. The van der Waals surface area contributed by atoms with Crippen LogP contribution >= 0.6 is 11.6 Å². The predicted molar refractivity (Wildman–Crippen MR) is 109 cm³/mol. The predicted octanol–water partition coefficient (Wildman–Crippen LogP) is 5.75. The van der Waals surface area contributed by atoms with Gasteiger partial charge in [0.25, 0.3) is 0 Å². The molecule has 0 N–H and O–H groups in total. The van der Waals surface area contributed by atoms with E-state index < -0.39 is 0 Å². The lowest BCUT2D eigenvalue weighted by atomic mass is 9.95. The quantitative estimate of drug-likeness (QED) is 0.574. The van der Waals surface area contributed by atoms with Gasteiger partial charge in [-0.15, -0.1) is 0 Å². The number of aromatic nitrogens is 1. The third-order valence-electron chi connectivity index (χ3n) is 5.41. The summed E-state index contributed by atoms with van der Waals surface area (Å²) in [7, 11) is 0. The Morgan fingerprint density at radius 1 is 1.00 bits per heavy atom. The van der Waals surface area contributed by atoms with Crippen molar-refractivity contribution in [3.63, 3.8) is 0 Å². The number of halogens is 1. The first-order valence-electron chi connectivity index (χ1n) is 9.33. The van der Waals surface area contributed by atoms with Gasteiger partial charge in [0.2, 0.25) is 0 Å². The Hall–Kier alpha value is -2.03. The van der Waals surface area contributed by atoms with Gasteiger partial charge in [0.1, 0.15) is 0 Å². The largest absolute Gasteiger partial charge is 0.350 e. The molecule has 0 spiro atoms. The van der Waals surface area contributed by atoms with Crippen molar-refractivity contribution in [1.82, 2.24) is 9.47 Å². The molecule has 0 radical (unpaired) electrons. The number of fused-ring (bicyclic) bond motifs is 1. The lowest BCUT2D eigenvalue weighted by molar-refractivity contribution is 0.220. The number of benzene rings is 2. The first-order chi connectivity index (χ1) is 12.6. The Kier molecular flexibility index (Phi) is 4.88. The first-order valence-corrected chi connectivity index (χ1v) is 9.71. The van der Waals surface area contributed by atoms with Crippen molar-refractivity contribution in [2.45, 2.75) is 39.4 Å². The van der Waals surface area contributed by atoms with Gasteiger partial charge in [-0.05, 0) is 55.2 Å². The lowest BCUT2D eigenvalue weighted by Crippen LogP contribution is -2.30. The number of aryl methyl sites for hydroxylation is 3. The van der Waals surface area contributed by atoms with Crippen LogP contribution in [0, 0.1) is 13.8 Å². The fraction of sp³-hybridized carbons (Fsp3) is 0.304. The van der Waals surface area contributed by atoms with Crippen molar-refractivity contribution in [2.24, 2.45) is 0 Å². The fourth-order valence-corrected chi connectivity index (χ4v) is 4.26. The van der Waals surface area contributed by atoms with E-state index in [0.717, 1.165) is 31.1 Å². The van der Waals surface area contributed by atoms with E-state index in [9.17, 15) is 0 Å². The van der Waals surface area contributed by atoms with E-state index in [-0.39, 0.29) is 6.04 Å². The molecule has 26 heavy (non-hydrogen) atoms. The molecular formula is C23H25ClN2. The molecule has 134 valence electrons. The minimum absolute atomic E-state index is 0.253. The fourth-order valence-electron chi connectivity index (χ4n) is 4.07. The number of hydrogen-bond donors (Lipinski definition) is 0. The molecule has 1 aromatic heterocycles. The summed E-state index contributed by atoms with van der Waals surface area (Å²) >= 11 is 6.48. The van der Waals surface area contributed by atoms with Crippen LogP contribution in [0.4, 0.5) is 0 Å². The van der Waals surface area contributed by atoms with Gasteiger partial charge in [-0.2, -0.15) is 0 Å². The minimum Gasteiger partial charge on any atom is -0.350 e. The van der Waals surface area contributed by atoms with Gasteiger partial charge in [0.15, 0.2) is 0 Å². The average molecular weight is 365 g/mol. The molecule has 3 aromatic rings. The molecule has 2 heterocycles. The molecule has 2 aromatic carbocycles. The summed E-state index contributed by atoms with van der Waals surface area (Å²) in [5, 5.41) is 0.854. The third kappa shape index (κ3) is 3.32. The van der Waals surface area contributed by atoms with Crippen LogP contribution in [0.25, 0.3) is 0 Å². The van der Waals surface area contributed by atoms with Crippen LogP contribution in [0.3, 0.4) is 0 Å². The second kappa shape index (κ2) is 7.30. The Bertz CT molecular complexity index is 912. The maximum atomic E-state index is 6.48. The molecular weight excluding hydrogens is 340 g/mol. The van der Waals surface area contributed by atoms with Crippen LogP contribution < -0.4 is 0 Å². The second-order valence-electron chi connectivity index (χ2n) is 7.30. The van der Waals surface area contributed by atoms with E-state index in [0.29, 0.717) is 0 Å². The summed E-state index contributed by atoms with van der Waals surface area (Å²) in [5.74, 6) is 0. The van der Waals surface area contributed by atoms with Crippen molar-refractivity contribution in [3.8, 4) is 0 Å². The standard InChI is InChI=1S/C23H25ClN2/c1-17-10-11-18(2)20(15-17)23-22-9-5-12-25(22)13-6-14-26(23)16-19-7-3-4-8-21(19)24/h3-5,7-12,15,23H,6,13-14,16H2,1-2H3/t23-/m0/s1. The van der Waals surface area contributed by atoms with Gasteiger partial charge in [0, 0.05) is 36.5 Å². The molecule has 0 saturated carbocycles. The number of hydrogen-bond acceptors (Lipinski definition) is 1. The number of rotatable bonds is 3. The first kappa shape index (κ1) is 17.4. The lowest BCUT2D eigenvalue weighted by Gasteiger charge is -2.32. The molecule has 1 aliphatic rings. The summed E-state index contributed by atoms with van der Waals surface area (Å²) in [6.45, 7) is 7.40. The molecule has 0 aliphatic carbocycles. The molecule has 3 heteroatoms.